The van der Waals surface area contributed by atoms with E-state index in [4.69, 9.17) is 5.73 Å². The fourth-order valence-corrected chi connectivity index (χ4v) is 4.05. The number of aryl methyl sites for hydroxylation is 1. The van der Waals surface area contributed by atoms with Crippen molar-refractivity contribution in [3.63, 3.8) is 0 Å². The highest BCUT2D eigenvalue weighted by molar-refractivity contribution is 5.16. The molecule has 1 aliphatic heterocycles. The second kappa shape index (κ2) is 12.1. The summed E-state index contributed by atoms with van der Waals surface area (Å²) in [6.45, 7) is 12.2. The minimum atomic E-state index is -0.184. The smallest absolute Gasteiger partial charge is 0.123 e. The second-order valence-corrected chi connectivity index (χ2v) is 8.29. The summed E-state index contributed by atoms with van der Waals surface area (Å²) in [4.78, 5) is 12.2. The third kappa shape index (κ3) is 7.76. The Morgan fingerprint density at radius 3 is 2.23 bits per heavy atom. The lowest BCUT2D eigenvalue weighted by atomic mass is 10.2. The fourth-order valence-electron chi connectivity index (χ4n) is 4.05. The van der Waals surface area contributed by atoms with Crippen LogP contribution in [0.4, 0.5) is 4.39 Å². The van der Waals surface area contributed by atoms with Crippen molar-refractivity contribution in [3.05, 3.63) is 65.2 Å². The lowest BCUT2D eigenvalue weighted by Crippen LogP contribution is -2.47. The van der Waals surface area contributed by atoms with Crippen LogP contribution in [0.25, 0.3) is 0 Å². The molecule has 30 heavy (non-hydrogen) atoms. The number of nitrogens with two attached hydrogens (primary N) is 1. The van der Waals surface area contributed by atoms with Crippen molar-refractivity contribution < 1.29 is 4.39 Å². The van der Waals surface area contributed by atoms with E-state index in [1.807, 2.05) is 25.1 Å². The Bertz CT molecular complexity index is 744. The standard InChI is InChI=1S/C24H36FN5/c1-21-5-2-6-24(27-21)20-30(19-22-7-9-23(25)10-8-22)14-4-13-29-17-15-28(16-18-29)12-3-11-26/h2,5-10H,3-4,11-20,26H2,1H3. The normalized spacial score (nSPS) is 15.7. The minimum Gasteiger partial charge on any atom is -0.330 e. The van der Waals surface area contributed by atoms with Crippen molar-refractivity contribution in [2.24, 2.45) is 5.73 Å². The van der Waals surface area contributed by atoms with Crippen molar-refractivity contribution in [1.82, 2.24) is 19.7 Å². The zero-order valence-corrected chi connectivity index (χ0v) is 18.3. The van der Waals surface area contributed by atoms with Crippen LogP contribution in [0.5, 0.6) is 0 Å². The Balaban J connectivity index is 1.50. The number of nitrogens with zero attached hydrogens (tertiary/aromatic N) is 4. The van der Waals surface area contributed by atoms with Gasteiger partial charge in [-0.3, -0.25) is 9.88 Å². The summed E-state index contributed by atoms with van der Waals surface area (Å²) in [7, 11) is 0. The summed E-state index contributed by atoms with van der Waals surface area (Å²) in [6, 6.07) is 13.0. The van der Waals surface area contributed by atoms with E-state index in [-0.39, 0.29) is 5.82 Å². The first kappa shape index (κ1) is 22.8. The van der Waals surface area contributed by atoms with Crippen LogP contribution in [0.15, 0.2) is 42.5 Å². The van der Waals surface area contributed by atoms with Gasteiger partial charge in [0.1, 0.15) is 5.82 Å². The Hall–Kier alpha value is -1.86. The molecule has 2 N–H and O–H groups in total. The van der Waals surface area contributed by atoms with Gasteiger partial charge in [-0.05, 0) is 69.2 Å². The molecule has 164 valence electrons. The zero-order valence-electron chi connectivity index (χ0n) is 18.3. The Labute approximate surface area is 180 Å². The number of rotatable bonds is 11. The number of piperazine rings is 1. The molecule has 0 unspecified atom stereocenters. The third-order valence-electron chi connectivity index (χ3n) is 5.74. The van der Waals surface area contributed by atoms with Gasteiger partial charge in [0.15, 0.2) is 0 Å². The number of pyridine rings is 1. The number of aromatic nitrogens is 1. The predicted octanol–water partition coefficient (Wildman–Crippen LogP) is 2.89. The first-order chi connectivity index (χ1) is 14.6. The van der Waals surface area contributed by atoms with Crippen LogP contribution in [0.1, 0.15) is 29.8 Å². The first-order valence-corrected chi connectivity index (χ1v) is 11.2. The molecule has 1 fully saturated rings. The van der Waals surface area contributed by atoms with Gasteiger partial charge in [0, 0.05) is 51.5 Å². The summed E-state index contributed by atoms with van der Waals surface area (Å²) in [5.41, 5.74) is 8.90. The molecule has 1 aliphatic rings. The van der Waals surface area contributed by atoms with E-state index in [0.29, 0.717) is 0 Å². The van der Waals surface area contributed by atoms with Crippen LogP contribution in [-0.2, 0) is 13.1 Å². The molecule has 0 aliphatic carbocycles. The molecule has 6 heteroatoms. The van der Waals surface area contributed by atoms with Crippen LogP contribution < -0.4 is 5.73 Å². The Morgan fingerprint density at radius 2 is 1.60 bits per heavy atom. The summed E-state index contributed by atoms with van der Waals surface area (Å²) in [5, 5.41) is 0. The van der Waals surface area contributed by atoms with Crippen molar-refractivity contribution >= 4 is 0 Å². The topological polar surface area (TPSA) is 48.6 Å². The van der Waals surface area contributed by atoms with Gasteiger partial charge in [-0.2, -0.15) is 0 Å². The Morgan fingerprint density at radius 1 is 0.933 bits per heavy atom. The summed E-state index contributed by atoms with van der Waals surface area (Å²) < 4.78 is 13.3. The van der Waals surface area contributed by atoms with E-state index in [1.165, 1.54) is 0 Å². The van der Waals surface area contributed by atoms with Gasteiger partial charge >= 0.3 is 0 Å². The molecular weight excluding hydrogens is 377 g/mol. The van der Waals surface area contributed by atoms with Gasteiger partial charge in [0.25, 0.3) is 0 Å². The van der Waals surface area contributed by atoms with Crippen LogP contribution in [0, 0.1) is 12.7 Å². The molecule has 0 saturated carbocycles. The second-order valence-electron chi connectivity index (χ2n) is 8.29. The molecule has 0 atom stereocenters. The van der Waals surface area contributed by atoms with Gasteiger partial charge < -0.3 is 15.5 Å². The highest BCUT2D eigenvalue weighted by atomic mass is 19.1. The zero-order chi connectivity index (χ0) is 21.2. The van der Waals surface area contributed by atoms with E-state index < -0.39 is 0 Å². The maximum absolute atomic E-state index is 13.3. The first-order valence-electron chi connectivity index (χ1n) is 11.2. The largest absolute Gasteiger partial charge is 0.330 e. The SMILES string of the molecule is Cc1cccc(CN(CCCN2CCN(CCCN)CC2)Cc2ccc(F)cc2)n1. The van der Waals surface area contributed by atoms with Crippen LogP contribution >= 0.6 is 0 Å². The number of hydrogen-bond donors (Lipinski definition) is 1. The minimum absolute atomic E-state index is 0.184. The number of hydrogen-bond acceptors (Lipinski definition) is 5. The van der Waals surface area contributed by atoms with E-state index in [1.54, 1.807) is 12.1 Å². The van der Waals surface area contributed by atoms with E-state index >= 15 is 0 Å². The fraction of sp³-hybridized carbons (Fsp3) is 0.542. The molecule has 1 saturated heterocycles. The van der Waals surface area contributed by atoms with Crippen LogP contribution in [0.2, 0.25) is 0 Å². The van der Waals surface area contributed by atoms with Crippen molar-refractivity contribution in [3.8, 4) is 0 Å². The molecule has 2 heterocycles. The molecule has 0 radical (unpaired) electrons. The van der Waals surface area contributed by atoms with Crippen LogP contribution in [-0.4, -0.2) is 72.0 Å². The van der Waals surface area contributed by atoms with Crippen LogP contribution in [0.3, 0.4) is 0 Å². The van der Waals surface area contributed by atoms with Gasteiger partial charge in [0.05, 0.1) is 5.69 Å². The molecule has 0 amide bonds. The number of benzene rings is 1. The summed E-state index contributed by atoms with van der Waals surface area (Å²) in [5.74, 6) is -0.184. The van der Waals surface area contributed by atoms with Gasteiger partial charge in [-0.1, -0.05) is 18.2 Å². The molecule has 0 spiro atoms. The molecule has 1 aromatic heterocycles. The van der Waals surface area contributed by atoms with Gasteiger partial charge in [-0.25, -0.2) is 4.39 Å². The lowest BCUT2D eigenvalue weighted by molar-refractivity contribution is 0.125. The van der Waals surface area contributed by atoms with E-state index in [9.17, 15) is 4.39 Å². The lowest BCUT2D eigenvalue weighted by Gasteiger charge is -2.35. The maximum Gasteiger partial charge on any atom is 0.123 e. The highest BCUT2D eigenvalue weighted by Crippen LogP contribution is 2.12. The molecule has 1 aromatic carbocycles. The van der Waals surface area contributed by atoms with Gasteiger partial charge in [-0.15, -0.1) is 0 Å². The molecule has 5 nitrogen and oxygen atoms in total. The molecule has 3 rings (SSSR count). The summed E-state index contributed by atoms with van der Waals surface area (Å²) in [6.07, 6.45) is 2.21. The molecule has 2 aromatic rings. The monoisotopic (exact) mass is 413 g/mol. The van der Waals surface area contributed by atoms with Crippen molar-refractivity contribution in [2.45, 2.75) is 32.9 Å². The van der Waals surface area contributed by atoms with Crippen molar-refractivity contribution in [1.29, 1.82) is 0 Å². The number of halogens is 1. The average molecular weight is 414 g/mol. The van der Waals surface area contributed by atoms with Crippen molar-refractivity contribution in [2.75, 3.05) is 52.4 Å². The molecular formula is C24H36FN5. The van der Waals surface area contributed by atoms with Gasteiger partial charge in [0.2, 0.25) is 0 Å². The highest BCUT2D eigenvalue weighted by Gasteiger charge is 2.16. The quantitative estimate of drug-likeness (QED) is 0.614. The molecule has 0 bridgehead atoms. The average Bonchev–Trinajstić information content (AvgIpc) is 2.75. The third-order valence-corrected chi connectivity index (χ3v) is 5.74. The predicted molar refractivity (Wildman–Crippen MR) is 121 cm³/mol. The summed E-state index contributed by atoms with van der Waals surface area (Å²) >= 11 is 0. The van der Waals surface area contributed by atoms with E-state index in [0.717, 1.165) is 95.2 Å². The van der Waals surface area contributed by atoms with E-state index in [2.05, 4.69) is 31.8 Å². The maximum atomic E-state index is 13.3. The Kier molecular flexibility index (Phi) is 9.21.